The predicted molar refractivity (Wildman–Crippen MR) is 90.2 cm³/mol. The van der Waals surface area contributed by atoms with Gasteiger partial charge in [0, 0.05) is 17.9 Å². The summed E-state index contributed by atoms with van der Waals surface area (Å²) in [6.07, 6.45) is 2.84. The van der Waals surface area contributed by atoms with E-state index in [0.717, 1.165) is 16.3 Å². The minimum atomic E-state index is -0.577. The molecule has 24 heavy (non-hydrogen) atoms. The third-order valence-electron chi connectivity index (χ3n) is 3.96. The van der Waals surface area contributed by atoms with Gasteiger partial charge in [-0.15, -0.1) is 0 Å². The van der Waals surface area contributed by atoms with Crippen LogP contribution in [-0.2, 0) is 10.3 Å². The molecular weight excluding hydrogens is 332 g/mol. The number of pyridine rings is 2. The fourth-order valence-electron chi connectivity index (χ4n) is 2.64. The Morgan fingerprint density at radius 2 is 2.04 bits per heavy atom. The molecule has 2 N–H and O–H groups in total. The number of nitrogens with zero attached hydrogens (tertiary/aromatic N) is 3. The van der Waals surface area contributed by atoms with Gasteiger partial charge in [0.1, 0.15) is 11.3 Å². The van der Waals surface area contributed by atoms with E-state index in [1.807, 2.05) is 13.8 Å². The zero-order valence-electron chi connectivity index (χ0n) is 13.7. The van der Waals surface area contributed by atoms with Crippen LogP contribution in [0.5, 0.6) is 5.88 Å². The van der Waals surface area contributed by atoms with E-state index in [4.69, 9.17) is 22.1 Å². The van der Waals surface area contributed by atoms with Gasteiger partial charge in [0.15, 0.2) is 0 Å². The summed E-state index contributed by atoms with van der Waals surface area (Å²) in [7, 11) is 1.36. The zero-order valence-corrected chi connectivity index (χ0v) is 14.5. The second kappa shape index (κ2) is 6.07. The number of hydrogen-bond acceptors (Lipinski definition) is 6. The second-order valence-electron chi connectivity index (χ2n) is 6.37. The van der Waals surface area contributed by atoms with Gasteiger partial charge in [-0.05, 0) is 30.9 Å². The number of methoxy groups -OCH3 is 1. The monoisotopic (exact) mass is 350 g/mol. The highest BCUT2D eigenvalue weighted by Crippen LogP contribution is 2.33. The average Bonchev–Trinajstić information content (AvgIpc) is 2.48. The van der Waals surface area contributed by atoms with Gasteiger partial charge in [0.05, 0.1) is 25.6 Å². The number of ether oxygens (including phenoxy) is 2. The zero-order chi connectivity index (χ0) is 17.5. The molecule has 3 rings (SSSR count). The Morgan fingerprint density at radius 3 is 2.67 bits per heavy atom. The SMILES string of the molecule is COC(=O)N1CC(Oc2ncc(C(C)(C)N)c3cc(Cl)ncc23)C1. The van der Waals surface area contributed by atoms with Gasteiger partial charge in [-0.2, -0.15) is 0 Å². The summed E-state index contributed by atoms with van der Waals surface area (Å²) >= 11 is 6.04. The molecule has 0 radical (unpaired) electrons. The molecule has 1 amide bonds. The number of halogens is 1. The summed E-state index contributed by atoms with van der Waals surface area (Å²) in [5.41, 5.74) is 6.51. The van der Waals surface area contributed by atoms with Crippen molar-refractivity contribution >= 4 is 28.5 Å². The van der Waals surface area contributed by atoms with Gasteiger partial charge in [0.2, 0.25) is 5.88 Å². The number of hydrogen-bond donors (Lipinski definition) is 1. The van der Waals surface area contributed by atoms with Crippen LogP contribution in [0.4, 0.5) is 4.79 Å². The van der Waals surface area contributed by atoms with E-state index >= 15 is 0 Å². The number of amides is 1. The maximum absolute atomic E-state index is 11.4. The minimum absolute atomic E-state index is 0.132. The smallest absolute Gasteiger partial charge is 0.409 e. The van der Waals surface area contributed by atoms with Crippen molar-refractivity contribution in [1.29, 1.82) is 0 Å². The molecule has 2 aromatic rings. The van der Waals surface area contributed by atoms with E-state index < -0.39 is 5.54 Å². The van der Waals surface area contributed by atoms with Gasteiger partial charge in [-0.25, -0.2) is 14.8 Å². The molecule has 0 aromatic carbocycles. The van der Waals surface area contributed by atoms with Crippen LogP contribution in [0, 0.1) is 0 Å². The quantitative estimate of drug-likeness (QED) is 0.854. The third-order valence-corrected chi connectivity index (χ3v) is 4.16. The first-order valence-corrected chi connectivity index (χ1v) is 7.90. The van der Waals surface area contributed by atoms with Crippen LogP contribution in [0.1, 0.15) is 19.4 Å². The lowest BCUT2D eigenvalue weighted by Gasteiger charge is -2.37. The summed E-state index contributed by atoms with van der Waals surface area (Å²) in [6, 6.07) is 1.76. The lowest BCUT2D eigenvalue weighted by atomic mass is 9.93. The molecule has 1 aliphatic heterocycles. The first-order valence-electron chi connectivity index (χ1n) is 7.52. The summed E-state index contributed by atoms with van der Waals surface area (Å²) in [5.74, 6) is 0.455. The van der Waals surface area contributed by atoms with Crippen molar-refractivity contribution in [2.75, 3.05) is 20.2 Å². The Bertz CT molecular complexity index is 785. The molecule has 1 saturated heterocycles. The van der Waals surface area contributed by atoms with Crippen molar-refractivity contribution in [2.45, 2.75) is 25.5 Å². The van der Waals surface area contributed by atoms with E-state index in [9.17, 15) is 4.79 Å². The summed E-state index contributed by atoms with van der Waals surface area (Å²) < 4.78 is 10.6. The number of rotatable bonds is 3. The Kier molecular flexibility index (Phi) is 4.23. The highest BCUT2D eigenvalue weighted by Gasteiger charge is 2.34. The fraction of sp³-hybridized carbons (Fsp3) is 0.438. The predicted octanol–water partition coefficient (Wildman–Crippen LogP) is 2.31. The van der Waals surface area contributed by atoms with Gasteiger partial charge < -0.3 is 20.1 Å². The van der Waals surface area contributed by atoms with Crippen molar-refractivity contribution in [3.05, 3.63) is 29.2 Å². The number of carbonyl (C=O) groups is 1. The number of likely N-dealkylation sites (tertiary alicyclic amines) is 1. The fourth-order valence-corrected chi connectivity index (χ4v) is 2.80. The van der Waals surface area contributed by atoms with E-state index in [1.54, 1.807) is 23.4 Å². The minimum Gasteiger partial charge on any atom is -0.470 e. The van der Waals surface area contributed by atoms with Crippen LogP contribution < -0.4 is 10.5 Å². The van der Waals surface area contributed by atoms with Crippen LogP contribution in [-0.4, -0.2) is 47.3 Å². The molecule has 0 spiro atoms. The molecule has 128 valence electrons. The molecule has 0 saturated carbocycles. The highest BCUT2D eigenvalue weighted by molar-refractivity contribution is 6.30. The lowest BCUT2D eigenvalue weighted by molar-refractivity contribution is 0.0169. The number of carbonyl (C=O) groups excluding carboxylic acids is 1. The van der Waals surface area contributed by atoms with Crippen LogP contribution in [0.3, 0.4) is 0 Å². The summed E-state index contributed by atoms with van der Waals surface area (Å²) in [5, 5.41) is 1.98. The summed E-state index contributed by atoms with van der Waals surface area (Å²) in [6.45, 7) is 4.72. The lowest BCUT2D eigenvalue weighted by Crippen LogP contribution is -2.56. The highest BCUT2D eigenvalue weighted by atomic mass is 35.5. The van der Waals surface area contributed by atoms with Crippen molar-refractivity contribution in [3.63, 3.8) is 0 Å². The normalized spacial score (nSPS) is 15.3. The van der Waals surface area contributed by atoms with Crippen molar-refractivity contribution in [3.8, 4) is 5.88 Å². The molecule has 8 heteroatoms. The topological polar surface area (TPSA) is 90.6 Å². The maximum atomic E-state index is 11.4. The van der Waals surface area contributed by atoms with Crippen LogP contribution in [0.15, 0.2) is 18.5 Å². The molecular formula is C16H19ClN4O3. The molecule has 0 unspecified atom stereocenters. The Morgan fingerprint density at radius 1 is 1.33 bits per heavy atom. The molecule has 0 aliphatic carbocycles. The molecule has 3 heterocycles. The molecule has 0 atom stereocenters. The van der Waals surface area contributed by atoms with Crippen LogP contribution >= 0.6 is 11.6 Å². The molecule has 1 aliphatic rings. The van der Waals surface area contributed by atoms with Gasteiger partial charge >= 0.3 is 6.09 Å². The molecule has 7 nitrogen and oxygen atoms in total. The van der Waals surface area contributed by atoms with Crippen molar-refractivity contribution < 1.29 is 14.3 Å². The first-order chi connectivity index (χ1) is 11.3. The largest absolute Gasteiger partial charge is 0.470 e. The Hall–Kier alpha value is -2.12. The first kappa shape index (κ1) is 16.7. The number of fused-ring (bicyclic) bond motifs is 1. The van der Waals surface area contributed by atoms with Crippen molar-refractivity contribution in [1.82, 2.24) is 14.9 Å². The molecule has 2 aromatic heterocycles. The third kappa shape index (κ3) is 3.09. The van der Waals surface area contributed by atoms with Crippen LogP contribution in [0.2, 0.25) is 5.15 Å². The number of nitrogens with two attached hydrogens (primary N) is 1. The number of aromatic nitrogens is 2. The van der Waals surface area contributed by atoms with E-state index in [1.165, 1.54) is 7.11 Å². The summed E-state index contributed by atoms with van der Waals surface area (Å²) in [4.78, 5) is 21.5. The maximum Gasteiger partial charge on any atom is 0.409 e. The van der Waals surface area contributed by atoms with Gasteiger partial charge in [-0.1, -0.05) is 11.6 Å². The standard InChI is InChI=1S/C16H19ClN4O3/c1-16(2,18)12-6-20-14(11-5-19-13(17)4-10(11)12)24-9-7-21(8-9)15(22)23-3/h4-6,9H,7-8,18H2,1-3H3. The van der Waals surface area contributed by atoms with E-state index in [-0.39, 0.29) is 12.2 Å². The average molecular weight is 351 g/mol. The van der Waals surface area contributed by atoms with E-state index in [2.05, 4.69) is 14.7 Å². The van der Waals surface area contributed by atoms with Gasteiger partial charge in [0.25, 0.3) is 0 Å². The Labute approximate surface area is 144 Å². The Balaban J connectivity index is 1.89. The second-order valence-corrected chi connectivity index (χ2v) is 6.75. The van der Waals surface area contributed by atoms with E-state index in [0.29, 0.717) is 24.1 Å². The van der Waals surface area contributed by atoms with Gasteiger partial charge in [-0.3, -0.25) is 0 Å². The van der Waals surface area contributed by atoms with Crippen molar-refractivity contribution in [2.24, 2.45) is 5.73 Å². The van der Waals surface area contributed by atoms with Crippen LogP contribution in [0.25, 0.3) is 10.8 Å². The molecule has 0 bridgehead atoms. The molecule has 1 fully saturated rings.